The van der Waals surface area contributed by atoms with Gasteiger partial charge in [0.05, 0.1) is 3.57 Å². The highest BCUT2D eigenvalue weighted by Crippen LogP contribution is 2.13. The molecule has 0 saturated heterocycles. The van der Waals surface area contributed by atoms with Crippen molar-refractivity contribution in [2.24, 2.45) is 0 Å². The van der Waals surface area contributed by atoms with Crippen molar-refractivity contribution in [2.75, 3.05) is 5.73 Å². The van der Waals surface area contributed by atoms with Gasteiger partial charge in [-0.2, -0.15) is 0 Å². The minimum absolute atomic E-state index is 0.554. The molecule has 4 heteroatoms. The molecule has 0 unspecified atom stereocenters. The Labute approximate surface area is 108 Å². The number of anilines is 1. The lowest BCUT2D eigenvalue weighted by Crippen LogP contribution is -2.02. The van der Waals surface area contributed by atoms with Crippen molar-refractivity contribution in [3.8, 4) is 0 Å². The molecule has 0 aliphatic carbocycles. The molecule has 82 valence electrons. The molecule has 0 fully saturated rings. The van der Waals surface area contributed by atoms with Crippen LogP contribution in [0.2, 0.25) is 0 Å². The van der Waals surface area contributed by atoms with E-state index >= 15 is 0 Å². The van der Waals surface area contributed by atoms with E-state index in [1.165, 1.54) is 11.1 Å². The van der Waals surface area contributed by atoms with Crippen LogP contribution in [0.5, 0.6) is 0 Å². The van der Waals surface area contributed by atoms with Crippen molar-refractivity contribution in [3.05, 3.63) is 51.0 Å². The summed E-state index contributed by atoms with van der Waals surface area (Å²) < 4.78 is 0.894. The van der Waals surface area contributed by atoms with Crippen molar-refractivity contribution >= 4 is 28.4 Å². The Hall–Kier alpha value is -1.17. The second-order valence-corrected chi connectivity index (χ2v) is 4.85. The summed E-state index contributed by atoms with van der Waals surface area (Å²) in [7, 11) is 0. The molecule has 0 aliphatic rings. The largest absolute Gasteiger partial charge is 0.383 e. The maximum absolute atomic E-state index is 5.75. The molecule has 2 aromatic rings. The average Bonchev–Trinajstić information content (AvgIpc) is 2.24. The summed E-state index contributed by atoms with van der Waals surface area (Å²) in [6.45, 7) is 2.08. The Morgan fingerprint density at radius 3 is 2.88 bits per heavy atom. The molecule has 0 atom stereocenters. The smallest absolute Gasteiger partial charge is 0.140 e. The second-order valence-electron chi connectivity index (χ2n) is 3.69. The predicted molar refractivity (Wildman–Crippen MR) is 73.1 cm³/mol. The standard InChI is InChI=1S/C12H12IN3/c1-8-3-2-4-9(5-8)6-11-15-7-10(13)12(14)16-11/h2-5,7H,6H2,1H3,(H2,14,15,16). The maximum Gasteiger partial charge on any atom is 0.140 e. The zero-order chi connectivity index (χ0) is 11.5. The summed E-state index contributed by atoms with van der Waals surface area (Å²) in [6, 6.07) is 8.33. The third-order valence-corrected chi connectivity index (χ3v) is 3.10. The lowest BCUT2D eigenvalue weighted by Gasteiger charge is -2.03. The van der Waals surface area contributed by atoms with Crippen molar-refractivity contribution < 1.29 is 0 Å². The number of hydrogen-bond acceptors (Lipinski definition) is 3. The normalized spacial score (nSPS) is 10.4. The van der Waals surface area contributed by atoms with E-state index in [1.54, 1.807) is 6.20 Å². The van der Waals surface area contributed by atoms with Gasteiger partial charge in [-0.25, -0.2) is 9.97 Å². The van der Waals surface area contributed by atoms with Crippen LogP contribution >= 0.6 is 22.6 Å². The third-order valence-electron chi connectivity index (χ3n) is 2.27. The van der Waals surface area contributed by atoms with Crippen LogP contribution in [0.4, 0.5) is 5.82 Å². The predicted octanol–water partition coefficient (Wildman–Crippen LogP) is 2.56. The Morgan fingerprint density at radius 1 is 1.38 bits per heavy atom. The Morgan fingerprint density at radius 2 is 2.19 bits per heavy atom. The van der Waals surface area contributed by atoms with E-state index < -0.39 is 0 Å². The van der Waals surface area contributed by atoms with Gasteiger partial charge in [-0.05, 0) is 35.1 Å². The first-order chi connectivity index (χ1) is 7.65. The van der Waals surface area contributed by atoms with E-state index in [4.69, 9.17) is 5.73 Å². The highest BCUT2D eigenvalue weighted by Gasteiger charge is 2.02. The number of nitrogens with two attached hydrogens (primary N) is 1. The van der Waals surface area contributed by atoms with Gasteiger partial charge in [0.25, 0.3) is 0 Å². The molecule has 3 nitrogen and oxygen atoms in total. The van der Waals surface area contributed by atoms with Crippen LogP contribution in [-0.2, 0) is 6.42 Å². The molecule has 0 saturated carbocycles. The lowest BCUT2D eigenvalue weighted by atomic mass is 10.1. The number of aromatic nitrogens is 2. The average molecular weight is 325 g/mol. The summed E-state index contributed by atoms with van der Waals surface area (Å²) in [5.41, 5.74) is 8.20. The van der Waals surface area contributed by atoms with Crippen LogP contribution in [0.1, 0.15) is 17.0 Å². The van der Waals surface area contributed by atoms with Crippen LogP contribution in [-0.4, -0.2) is 9.97 Å². The monoisotopic (exact) mass is 325 g/mol. The van der Waals surface area contributed by atoms with E-state index in [-0.39, 0.29) is 0 Å². The zero-order valence-corrected chi connectivity index (χ0v) is 11.1. The fourth-order valence-electron chi connectivity index (χ4n) is 1.51. The summed E-state index contributed by atoms with van der Waals surface area (Å²) in [4.78, 5) is 8.52. The van der Waals surface area contributed by atoms with Crippen LogP contribution in [0.3, 0.4) is 0 Å². The molecular formula is C12H12IN3. The first kappa shape index (κ1) is 11.3. The van der Waals surface area contributed by atoms with Crippen LogP contribution in [0.25, 0.3) is 0 Å². The number of halogens is 1. The highest BCUT2D eigenvalue weighted by atomic mass is 127. The quantitative estimate of drug-likeness (QED) is 0.864. The molecule has 1 aromatic carbocycles. The van der Waals surface area contributed by atoms with Crippen molar-refractivity contribution in [2.45, 2.75) is 13.3 Å². The summed E-state index contributed by atoms with van der Waals surface area (Å²) in [6.07, 6.45) is 2.48. The first-order valence-electron chi connectivity index (χ1n) is 4.97. The van der Waals surface area contributed by atoms with Crippen LogP contribution in [0.15, 0.2) is 30.5 Å². The molecule has 2 N–H and O–H groups in total. The van der Waals surface area contributed by atoms with Crippen LogP contribution < -0.4 is 5.73 Å². The van der Waals surface area contributed by atoms with E-state index in [1.807, 2.05) is 6.07 Å². The zero-order valence-electron chi connectivity index (χ0n) is 8.94. The van der Waals surface area contributed by atoms with Gasteiger partial charge in [0.1, 0.15) is 11.6 Å². The topological polar surface area (TPSA) is 51.8 Å². The fourth-order valence-corrected chi connectivity index (χ4v) is 1.77. The van der Waals surface area contributed by atoms with Gasteiger partial charge in [0.15, 0.2) is 0 Å². The number of rotatable bonds is 2. The van der Waals surface area contributed by atoms with E-state index in [0.29, 0.717) is 5.82 Å². The number of nitrogens with zero attached hydrogens (tertiary/aromatic N) is 2. The molecule has 1 heterocycles. The molecule has 0 amide bonds. The fraction of sp³-hybridized carbons (Fsp3) is 0.167. The summed E-state index contributed by atoms with van der Waals surface area (Å²) >= 11 is 2.13. The van der Waals surface area contributed by atoms with Gasteiger partial charge in [-0.1, -0.05) is 29.8 Å². The van der Waals surface area contributed by atoms with E-state index in [0.717, 1.165) is 15.8 Å². The van der Waals surface area contributed by atoms with Gasteiger partial charge >= 0.3 is 0 Å². The van der Waals surface area contributed by atoms with Crippen molar-refractivity contribution in [3.63, 3.8) is 0 Å². The molecule has 16 heavy (non-hydrogen) atoms. The molecular weight excluding hydrogens is 313 g/mol. The molecule has 0 aliphatic heterocycles. The summed E-state index contributed by atoms with van der Waals surface area (Å²) in [5.74, 6) is 1.32. The van der Waals surface area contributed by atoms with Gasteiger partial charge in [0.2, 0.25) is 0 Å². The Bertz CT molecular complexity index is 511. The van der Waals surface area contributed by atoms with E-state index in [9.17, 15) is 0 Å². The highest BCUT2D eigenvalue weighted by molar-refractivity contribution is 14.1. The van der Waals surface area contributed by atoms with Crippen molar-refractivity contribution in [1.29, 1.82) is 0 Å². The molecule has 0 spiro atoms. The van der Waals surface area contributed by atoms with Crippen LogP contribution in [0, 0.1) is 10.5 Å². The third kappa shape index (κ3) is 2.69. The first-order valence-corrected chi connectivity index (χ1v) is 6.05. The summed E-state index contributed by atoms with van der Waals surface area (Å²) in [5, 5.41) is 0. The minimum atomic E-state index is 0.554. The van der Waals surface area contributed by atoms with Gasteiger partial charge in [0, 0.05) is 12.6 Å². The van der Waals surface area contributed by atoms with Gasteiger partial charge in [-0.15, -0.1) is 0 Å². The maximum atomic E-state index is 5.75. The van der Waals surface area contributed by atoms with E-state index in [2.05, 4.69) is 57.7 Å². The molecule has 1 aromatic heterocycles. The number of aryl methyl sites for hydroxylation is 1. The SMILES string of the molecule is Cc1cccc(Cc2ncc(I)c(N)n2)c1. The van der Waals surface area contributed by atoms with Gasteiger partial charge in [-0.3, -0.25) is 0 Å². The number of hydrogen-bond donors (Lipinski definition) is 1. The molecule has 0 radical (unpaired) electrons. The van der Waals surface area contributed by atoms with Crippen molar-refractivity contribution in [1.82, 2.24) is 9.97 Å². The lowest BCUT2D eigenvalue weighted by molar-refractivity contribution is 0.966. The number of nitrogen functional groups attached to an aromatic ring is 1. The minimum Gasteiger partial charge on any atom is -0.383 e. The molecule has 0 bridgehead atoms. The molecule has 2 rings (SSSR count). The van der Waals surface area contributed by atoms with Gasteiger partial charge < -0.3 is 5.73 Å². The Kier molecular flexibility index (Phi) is 3.38. The Balaban J connectivity index is 2.24. The second kappa shape index (κ2) is 4.78. The number of benzene rings is 1.